The second kappa shape index (κ2) is 2.30. The fraction of sp³-hybridized carbons (Fsp3) is 0.333. The molecule has 40 valence electrons. The zero-order chi connectivity index (χ0) is 5.86. The molecule has 0 aliphatic rings. The predicted octanol–water partition coefficient (Wildman–Crippen LogP) is -0.951. The molecular formula is C3H6N2O2. The van der Waals surface area contributed by atoms with Crippen LogP contribution in [0.2, 0.25) is 0 Å². The number of aliphatic carboxylic acids is 1. The minimum atomic E-state index is -1.25. The second-order valence-electron chi connectivity index (χ2n) is 0.988. The van der Waals surface area contributed by atoms with E-state index in [-0.39, 0.29) is 6.54 Å². The van der Waals surface area contributed by atoms with Crippen molar-refractivity contribution >= 4 is 11.7 Å². The van der Waals surface area contributed by atoms with Crippen LogP contribution in [-0.2, 0) is 4.79 Å². The molecular weight excluding hydrogens is 96.0 g/mol. The van der Waals surface area contributed by atoms with Crippen molar-refractivity contribution in [1.29, 1.82) is 5.41 Å². The zero-order valence-electron chi connectivity index (χ0n) is 3.64. The van der Waals surface area contributed by atoms with Crippen LogP contribution < -0.4 is 5.73 Å². The van der Waals surface area contributed by atoms with Crippen molar-refractivity contribution in [3.63, 3.8) is 0 Å². The van der Waals surface area contributed by atoms with Gasteiger partial charge < -0.3 is 10.8 Å². The summed E-state index contributed by atoms with van der Waals surface area (Å²) in [5.74, 6) is -1.25. The van der Waals surface area contributed by atoms with Crippen LogP contribution in [0.1, 0.15) is 0 Å². The average molecular weight is 102 g/mol. The molecule has 4 nitrogen and oxygen atoms in total. The fourth-order valence-electron chi connectivity index (χ4n) is 0.0873. The minimum Gasteiger partial charge on any atom is -0.477 e. The maximum atomic E-state index is 9.63. The summed E-state index contributed by atoms with van der Waals surface area (Å²) < 4.78 is 0. The van der Waals surface area contributed by atoms with Crippen LogP contribution in [0.25, 0.3) is 0 Å². The predicted molar refractivity (Wildman–Crippen MR) is 24.4 cm³/mol. The summed E-state index contributed by atoms with van der Waals surface area (Å²) in [6.45, 7) is -0.199. The molecule has 0 amide bonds. The summed E-state index contributed by atoms with van der Waals surface area (Å²) >= 11 is 0. The molecule has 7 heavy (non-hydrogen) atoms. The van der Waals surface area contributed by atoms with E-state index in [9.17, 15) is 4.79 Å². The molecule has 0 saturated carbocycles. The molecule has 0 spiro atoms. The molecule has 0 radical (unpaired) electrons. The van der Waals surface area contributed by atoms with Crippen LogP contribution in [0.4, 0.5) is 0 Å². The van der Waals surface area contributed by atoms with Gasteiger partial charge in [-0.05, 0) is 0 Å². The lowest BCUT2D eigenvalue weighted by Gasteiger charge is -1.85. The first-order chi connectivity index (χ1) is 3.18. The number of carboxylic acids is 1. The lowest BCUT2D eigenvalue weighted by molar-refractivity contribution is -0.129. The van der Waals surface area contributed by atoms with Crippen LogP contribution in [0.5, 0.6) is 0 Å². The largest absolute Gasteiger partial charge is 0.477 e. The summed E-state index contributed by atoms with van der Waals surface area (Å²) in [7, 11) is 0. The third kappa shape index (κ3) is 1.88. The van der Waals surface area contributed by atoms with Crippen LogP contribution in [0.15, 0.2) is 0 Å². The average Bonchev–Trinajstić information content (AvgIpc) is 1.65. The molecule has 0 aromatic rings. The SMILES string of the molecule is N=C(CN)C(=O)O. The molecule has 4 N–H and O–H groups in total. The number of hydrogen-bond acceptors (Lipinski definition) is 3. The summed E-state index contributed by atoms with van der Waals surface area (Å²) in [5, 5.41) is 14.3. The van der Waals surface area contributed by atoms with E-state index in [2.05, 4.69) is 0 Å². The summed E-state index contributed by atoms with van der Waals surface area (Å²) in [6.07, 6.45) is 0. The lowest BCUT2D eigenvalue weighted by Crippen LogP contribution is -2.21. The van der Waals surface area contributed by atoms with Gasteiger partial charge in [-0.25, -0.2) is 4.79 Å². The van der Waals surface area contributed by atoms with E-state index >= 15 is 0 Å². The monoisotopic (exact) mass is 102 g/mol. The zero-order valence-corrected chi connectivity index (χ0v) is 3.64. The Labute approximate surface area is 40.5 Å². The molecule has 0 saturated heterocycles. The van der Waals surface area contributed by atoms with Gasteiger partial charge in [-0.2, -0.15) is 0 Å². The van der Waals surface area contributed by atoms with Gasteiger partial charge in [0.25, 0.3) is 0 Å². The first-order valence-corrected chi connectivity index (χ1v) is 1.69. The number of carbonyl (C=O) groups is 1. The highest BCUT2D eigenvalue weighted by atomic mass is 16.4. The Morgan fingerprint density at radius 1 is 1.86 bits per heavy atom. The Balaban J connectivity index is 3.58. The quantitative estimate of drug-likeness (QED) is 0.393. The van der Waals surface area contributed by atoms with Crippen molar-refractivity contribution in [3.8, 4) is 0 Å². The Bertz CT molecular complexity index is 99.1. The van der Waals surface area contributed by atoms with E-state index in [0.29, 0.717) is 0 Å². The van der Waals surface area contributed by atoms with Crippen molar-refractivity contribution in [2.75, 3.05) is 6.54 Å². The van der Waals surface area contributed by atoms with Crippen LogP contribution in [-0.4, -0.2) is 23.3 Å². The third-order valence-electron chi connectivity index (χ3n) is 0.462. The Hall–Kier alpha value is -0.900. The van der Waals surface area contributed by atoms with Gasteiger partial charge in [0.1, 0.15) is 5.71 Å². The van der Waals surface area contributed by atoms with Crippen LogP contribution in [0, 0.1) is 5.41 Å². The highest BCUT2D eigenvalue weighted by Gasteiger charge is 2.00. The lowest BCUT2D eigenvalue weighted by atomic mass is 10.4. The fourth-order valence-corrected chi connectivity index (χ4v) is 0.0873. The molecule has 0 rings (SSSR count). The first kappa shape index (κ1) is 6.10. The normalized spacial score (nSPS) is 8.14. The Morgan fingerprint density at radius 2 is 2.29 bits per heavy atom. The van der Waals surface area contributed by atoms with Crippen molar-refractivity contribution in [3.05, 3.63) is 0 Å². The van der Waals surface area contributed by atoms with Gasteiger partial charge in [-0.15, -0.1) is 0 Å². The molecule has 0 aromatic carbocycles. The van der Waals surface area contributed by atoms with Gasteiger partial charge in [0.05, 0.1) is 0 Å². The molecule has 0 bridgehead atoms. The van der Waals surface area contributed by atoms with E-state index in [1.54, 1.807) is 0 Å². The van der Waals surface area contributed by atoms with Crippen molar-refractivity contribution in [2.45, 2.75) is 0 Å². The smallest absolute Gasteiger partial charge is 0.350 e. The summed E-state index contributed by atoms with van der Waals surface area (Å²) in [4.78, 5) is 9.63. The summed E-state index contributed by atoms with van der Waals surface area (Å²) in [5.41, 5.74) is 4.31. The van der Waals surface area contributed by atoms with E-state index in [1.807, 2.05) is 0 Å². The topological polar surface area (TPSA) is 87.2 Å². The molecule has 0 heterocycles. The van der Waals surface area contributed by atoms with Gasteiger partial charge >= 0.3 is 5.97 Å². The van der Waals surface area contributed by atoms with Gasteiger partial charge in [0.15, 0.2) is 0 Å². The van der Waals surface area contributed by atoms with E-state index < -0.39 is 11.7 Å². The number of nitrogens with two attached hydrogens (primary N) is 1. The van der Waals surface area contributed by atoms with Gasteiger partial charge in [-0.1, -0.05) is 0 Å². The molecule has 0 aliphatic heterocycles. The molecule has 4 heteroatoms. The van der Waals surface area contributed by atoms with Crippen LogP contribution >= 0.6 is 0 Å². The molecule has 0 unspecified atom stereocenters. The number of carboxylic acid groups (broad SMARTS) is 1. The minimum absolute atomic E-state index is 0.199. The third-order valence-corrected chi connectivity index (χ3v) is 0.462. The molecule has 0 atom stereocenters. The maximum Gasteiger partial charge on any atom is 0.350 e. The molecule has 0 fully saturated rings. The van der Waals surface area contributed by atoms with Crippen molar-refractivity contribution in [2.24, 2.45) is 5.73 Å². The van der Waals surface area contributed by atoms with Gasteiger partial charge in [0, 0.05) is 6.54 Å². The van der Waals surface area contributed by atoms with E-state index in [0.717, 1.165) is 0 Å². The highest BCUT2D eigenvalue weighted by Crippen LogP contribution is 1.63. The van der Waals surface area contributed by atoms with Crippen LogP contribution in [0.3, 0.4) is 0 Å². The number of nitrogens with one attached hydrogen (secondary N) is 1. The molecule has 0 aliphatic carbocycles. The van der Waals surface area contributed by atoms with Gasteiger partial charge in [-0.3, -0.25) is 5.41 Å². The van der Waals surface area contributed by atoms with Crippen molar-refractivity contribution < 1.29 is 9.90 Å². The van der Waals surface area contributed by atoms with E-state index in [4.69, 9.17) is 16.2 Å². The first-order valence-electron chi connectivity index (χ1n) is 1.69. The Kier molecular flexibility index (Phi) is 2.01. The van der Waals surface area contributed by atoms with Crippen molar-refractivity contribution in [1.82, 2.24) is 0 Å². The van der Waals surface area contributed by atoms with Gasteiger partial charge in [0.2, 0.25) is 0 Å². The second-order valence-corrected chi connectivity index (χ2v) is 0.988. The standard InChI is InChI=1S/C3H6N2O2/c4-1-2(5)3(6)7/h5H,1,4H2,(H,6,7). The Morgan fingerprint density at radius 3 is 2.29 bits per heavy atom. The maximum absolute atomic E-state index is 9.63. The number of rotatable bonds is 2. The number of hydrogen-bond donors (Lipinski definition) is 3. The van der Waals surface area contributed by atoms with E-state index in [1.165, 1.54) is 0 Å². The summed E-state index contributed by atoms with van der Waals surface area (Å²) in [6, 6.07) is 0. The highest BCUT2D eigenvalue weighted by molar-refractivity contribution is 6.34. The molecule has 0 aromatic heterocycles.